The van der Waals surface area contributed by atoms with Crippen molar-refractivity contribution in [2.24, 2.45) is 5.92 Å². The number of carbonyl (C=O) groups excluding carboxylic acids is 1. The smallest absolute Gasteiger partial charge is 0.203 e. The van der Waals surface area contributed by atoms with E-state index in [4.69, 9.17) is 4.74 Å². The number of nitrogens with zero attached hydrogens (tertiary/aromatic N) is 1. The summed E-state index contributed by atoms with van der Waals surface area (Å²) < 4.78 is 19.3. The number of ether oxygens (including phenoxy) is 1. The quantitative estimate of drug-likeness (QED) is 0.216. The third-order valence-electron chi connectivity index (χ3n) is 6.48. The first-order chi connectivity index (χ1) is 17.0. The lowest BCUT2D eigenvalue weighted by Gasteiger charge is -2.37. The Hall–Kier alpha value is -3.22. The molecule has 4 aromatic rings. The Morgan fingerprint density at radius 2 is 1.83 bits per heavy atom. The van der Waals surface area contributed by atoms with Crippen LogP contribution < -0.4 is 4.74 Å². The highest BCUT2D eigenvalue weighted by Crippen LogP contribution is 2.41. The number of benzene rings is 3. The second-order valence-electron chi connectivity index (χ2n) is 9.19. The maximum atomic E-state index is 13.5. The van der Waals surface area contributed by atoms with Crippen molar-refractivity contribution >= 4 is 27.2 Å². The number of phenols is 1. The van der Waals surface area contributed by atoms with E-state index in [1.165, 1.54) is 11.3 Å². The molecule has 0 amide bonds. The molecule has 1 fully saturated rings. The summed E-state index contributed by atoms with van der Waals surface area (Å²) in [4.78, 5) is 16.4. The zero-order valence-corrected chi connectivity index (χ0v) is 20.5. The van der Waals surface area contributed by atoms with Gasteiger partial charge in [0.25, 0.3) is 0 Å². The molecule has 0 spiro atoms. The Morgan fingerprint density at radius 1 is 1.09 bits per heavy atom. The highest BCUT2D eigenvalue weighted by molar-refractivity contribution is 7.21. The van der Waals surface area contributed by atoms with Gasteiger partial charge in [-0.15, -0.1) is 11.3 Å². The Labute approximate surface area is 208 Å². The summed E-state index contributed by atoms with van der Waals surface area (Å²) in [6.07, 6.45) is 0.897. The molecule has 1 aliphatic rings. The van der Waals surface area contributed by atoms with Gasteiger partial charge in [-0.3, -0.25) is 9.18 Å². The molecule has 5 rings (SSSR count). The summed E-state index contributed by atoms with van der Waals surface area (Å²) in [6.45, 7) is 5.00. The van der Waals surface area contributed by atoms with Crippen molar-refractivity contribution in [2.75, 3.05) is 32.9 Å². The van der Waals surface area contributed by atoms with Crippen LogP contribution in [0.15, 0.2) is 66.7 Å². The summed E-state index contributed by atoms with van der Waals surface area (Å²) >= 11 is 1.40. The minimum atomic E-state index is -0.224. The summed E-state index contributed by atoms with van der Waals surface area (Å²) in [7, 11) is 0. The van der Waals surface area contributed by atoms with Crippen LogP contribution in [0.25, 0.3) is 21.2 Å². The van der Waals surface area contributed by atoms with Crippen molar-refractivity contribution in [2.45, 2.75) is 13.3 Å². The molecule has 35 heavy (non-hydrogen) atoms. The number of fused-ring (bicyclic) bond motifs is 1. The molecule has 2 heterocycles. The van der Waals surface area contributed by atoms with Gasteiger partial charge in [0.05, 0.1) is 18.2 Å². The topological polar surface area (TPSA) is 49.8 Å². The van der Waals surface area contributed by atoms with Crippen LogP contribution >= 0.6 is 11.3 Å². The highest BCUT2D eigenvalue weighted by atomic mass is 32.1. The first-order valence-corrected chi connectivity index (χ1v) is 12.7. The molecule has 1 saturated heterocycles. The van der Waals surface area contributed by atoms with Crippen LogP contribution in [0.2, 0.25) is 0 Å². The molecule has 180 valence electrons. The van der Waals surface area contributed by atoms with E-state index >= 15 is 0 Å². The minimum absolute atomic E-state index is 0.0259. The molecule has 0 atom stereocenters. The van der Waals surface area contributed by atoms with Crippen LogP contribution in [0.3, 0.4) is 0 Å². The monoisotopic (exact) mass is 489 g/mol. The molecular weight excluding hydrogens is 461 g/mol. The largest absolute Gasteiger partial charge is 0.508 e. The van der Waals surface area contributed by atoms with Gasteiger partial charge in [-0.2, -0.15) is 0 Å². The molecule has 0 radical (unpaired) electrons. The van der Waals surface area contributed by atoms with Crippen molar-refractivity contribution in [1.82, 2.24) is 4.90 Å². The van der Waals surface area contributed by atoms with Gasteiger partial charge in [-0.1, -0.05) is 42.0 Å². The van der Waals surface area contributed by atoms with E-state index in [9.17, 15) is 14.3 Å². The van der Waals surface area contributed by atoms with E-state index in [0.29, 0.717) is 17.0 Å². The number of carbonyl (C=O) groups is 1. The number of alkyl halides is 1. The van der Waals surface area contributed by atoms with E-state index in [1.807, 2.05) is 61.5 Å². The Balaban J connectivity index is 1.35. The Morgan fingerprint density at radius 3 is 2.54 bits per heavy atom. The predicted molar refractivity (Wildman–Crippen MR) is 140 cm³/mol. The first kappa shape index (κ1) is 23.5. The van der Waals surface area contributed by atoms with Crippen molar-refractivity contribution in [1.29, 1.82) is 0 Å². The molecule has 0 unspecified atom stereocenters. The fourth-order valence-electron chi connectivity index (χ4n) is 4.52. The summed E-state index contributed by atoms with van der Waals surface area (Å²) in [5.41, 5.74) is 3.56. The SMILES string of the molecule is Cc1ccc(C(=O)c2sc3cc(O)ccc3c2-c2ccc(OCCCN3CC(CF)C3)cc2)cc1. The van der Waals surface area contributed by atoms with Gasteiger partial charge in [0.2, 0.25) is 5.78 Å². The Bertz CT molecular complexity index is 1320. The van der Waals surface area contributed by atoms with Crippen LogP contribution in [0.5, 0.6) is 11.5 Å². The molecule has 0 bridgehead atoms. The number of phenolic OH excluding ortho intramolecular Hbond substituents is 1. The molecule has 4 nitrogen and oxygen atoms in total. The van der Waals surface area contributed by atoms with Crippen LogP contribution in [0.4, 0.5) is 4.39 Å². The first-order valence-electron chi connectivity index (χ1n) is 11.9. The second-order valence-corrected chi connectivity index (χ2v) is 10.2. The fraction of sp³-hybridized carbons (Fsp3) is 0.276. The summed E-state index contributed by atoms with van der Waals surface area (Å²) in [6, 6.07) is 20.7. The van der Waals surface area contributed by atoms with Gasteiger partial charge in [0.15, 0.2) is 0 Å². The van der Waals surface area contributed by atoms with Gasteiger partial charge in [-0.25, -0.2) is 0 Å². The lowest BCUT2D eigenvalue weighted by atomic mass is 9.98. The van der Waals surface area contributed by atoms with Gasteiger partial charge >= 0.3 is 0 Å². The maximum Gasteiger partial charge on any atom is 0.203 e. The molecule has 6 heteroatoms. The zero-order valence-electron chi connectivity index (χ0n) is 19.7. The van der Waals surface area contributed by atoms with E-state index in [2.05, 4.69) is 4.90 Å². The highest BCUT2D eigenvalue weighted by Gasteiger charge is 2.25. The number of hydrogen-bond donors (Lipinski definition) is 1. The van der Waals surface area contributed by atoms with Crippen molar-refractivity contribution in [3.05, 3.63) is 82.7 Å². The molecule has 1 aromatic heterocycles. The minimum Gasteiger partial charge on any atom is -0.508 e. The molecule has 0 aliphatic carbocycles. The molecular formula is C29H28FNO3S. The van der Waals surface area contributed by atoms with Gasteiger partial charge in [0.1, 0.15) is 11.5 Å². The lowest BCUT2D eigenvalue weighted by Crippen LogP contribution is -2.48. The zero-order chi connectivity index (χ0) is 24.4. The van der Waals surface area contributed by atoms with Crippen LogP contribution in [0, 0.1) is 12.8 Å². The Kier molecular flexibility index (Phi) is 6.84. The third-order valence-corrected chi connectivity index (χ3v) is 7.63. The molecule has 0 saturated carbocycles. The number of aromatic hydroxyl groups is 1. The number of likely N-dealkylation sites (tertiary alicyclic amines) is 1. The van der Waals surface area contributed by atoms with E-state index in [0.717, 1.165) is 58.6 Å². The number of hydrogen-bond acceptors (Lipinski definition) is 5. The van der Waals surface area contributed by atoms with E-state index in [-0.39, 0.29) is 24.1 Å². The predicted octanol–water partition coefficient (Wildman–Crippen LogP) is 6.48. The van der Waals surface area contributed by atoms with Crippen LogP contribution in [-0.2, 0) is 0 Å². The van der Waals surface area contributed by atoms with Gasteiger partial charge in [0, 0.05) is 46.8 Å². The van der Waals surface area contributed by atoms with E-state index < -0.39 is 0 Å². The molecule has 1 N–H and O–H groups in total. The summed E-state index contributed by atoms with van der Waals surface area (Å²) in [5, 5.41) is 10.9. The number of ketones is 1. The fourth-order valence-corrected chi connectivity index (χ4v) is 5.74. The van der Waals surface area contributed by atoms with Gasteiger partial charge < -0.3 is 14.7 Å². The number of aryl methyl sites for hydroxylation is 1. The standard InChI is InChI=1S/C29H28FNO3S/c1-19-3-5-22(6-4-19)28(33)29-27(25-12-9-23(32)15-26(25)35-29)21-7-10-24(11-8-21)34-14-2-13-31-17-20(16-30)18-31/h3-12,15,20,32H,2,13-14,16-18H2,1H3. The average molecular weight is 490 g/mol. The average Bonchev–Trinajstić information content (AvgIpc) is 3.21. The van der Waals surface area contributed by atoms with E-state index in [1.54, 1.807) is 12.1 Å². The molecule has 3 aromatic carbocycles. The van der Waals surface area contributed by atoms with Crippen molar-refractivity contribution < 1.29 is 19.0 Å². The lowest BCUT2D eigenvalue weighted by molar-refractivity contribution is 0.0755. The maximum absolute atomic E-state index is 13.5. The third kappa shape index (κ3) is 5.09. The number of rotatable bonds is 9. The van der Waals surface area contributed by atoms with Gasteiger partial charge in [-0.05, 0) is 49.2 Å². The number of halogens is 1. The second kappa shape index (κ2) is 10.2. The van der Waals surface area contributed by atoms with Crippen molar-refractivity contribution in [3.63, 3.8) is 0 Å². The number of thiophene rings is 1. The van der Waals surface area contributed by atoms with Crippen LogP contribution in [-0.4, -0.2) is 48.7 Å². The van der Waals surface area contributed by atoms with Crippen LogP contribution in [0.1, 0.15) is 27.2 Å². The summed E-state index contributed by atoms with van der Waals surface area (Å²) in [5.74, 6) is 1.15. The molecule has 1 aliphatic heterocycles. The van der Waals surface area contributed by atoms with Crippen molar-refractivity contribution in [3.8, 4) is 22.6 Å². The normalized spacial score (nSPS) is 14.2.